The predicted octanol–water partition coefficient (Wildman–Crippen LogP) is 7.31. The second-order valence-corrected chi connectivity index (χ2v) is 13.4. The molecule has 2 amide bonds. The van der Waals surface area contributed by atoms with E-state index in [-0.39, 0.29) is 11.6 Å². The SMILES string of the molecule is CCCC1=C(CCC)c2nc1nc1[nH]c(nc(C(=O)N(C)C)nc(C(=O)N(C)C)nc3[nH]c(n2)c(CCC)c3CCC)c(CCC)c1CCC. The van der Waals surface area contributed by atoms with Gasteiger partial charge in [-0.2, -0.15) is 4.98 Å². The number of nitrogens with one attached hydrogen (secondary N) is 2. The Bertz CT molecular complexity index is 1750. The van der Waals surface area contributed by atoms with Crippen molar-refractivity contribution in [3.8, 4) is 0 Å². The Morgan fingerprint density at radius 1 is 0.440 bits per heavy atom. The summed E-state index contributed by atoms with van der Waals surface area (Å²) in [4.78, 5) is 67.3. The summed E-state index contributed by atoms with van der Waals surface area (Å²) in [6.45, 7) is 12.9. The van der Waals surface area contributed by atoms with Gasteiger partial charge < -0.3 is 19.8 Å². The van der Waals surface area contributed by atoms with Gasteiger partial charge in [0.1, 0.15) is 22.6 Å². The monoisotopic (exact) mass is 684 g/mol. The Hall–Kier alpha value is -4.48. The van der Waals surface area contributed by atoms with Crippen molar-refractivity contribution in [2.45, 2.75) is 119 Å². The summed E-state index contributed by atoms with van der Waals surface area (Å²) in [5, 5.41) is 0. The van der Waals surface area contributed by atoms with Gasteiger partial charge in [-0.25, -0.2) is 24.9 Å². The van der Waals surface area contributed by atoms with Crippen molar-refractivity contribution in [1.82, 2.24) is 49.7 Å². The van der Waals surface area contributed by atoms with Crippen LogP contribution in [0.15, 0.2) is 0 Å². The minimum absolute atomic E-state index is 0.142. The van der Waals surface area contributed by atoms with Gasteiger partial charge in [-0.1, -0.05) is 80.1 Å². The average Bonchev–Trinajstić information content (AvgIpc) is 3.68. The average molecular weight is 685 g/mol. The molecule has 2 N–H and O–H groups in total. The molecule has 0 atom stereocenters. The molecule has 12 heteroatoms. The second-order valence-electron chi connectivity index (χ2n) is 13.4. The molecular weight excluding hydrogens is 628 g/mol. The molecule has 0 aromatic carbocycles. The molecular formula is C38H56N10O2. The fraction of sp³-hybridized carbons (Fsp3) is 0.579. The molecule has 0 fully saturated rings. The number of carbonyl (C=O) groups is 2. The Morgan fingerprint density at radius 3 is 1.02 bits per heavy atom. The van der Waals surface area contributed by atoms with E-state index in [2.05, 4.69) is 56.5 Å². The van der Waals surface area contributed by atoms with Crippen molar-refractivity contribution in [2.24, 2.45) is 0 Å². The van der Waals surface area contributed by atoms with Crippen LogP contribution in [-0.4, -0.2) is 89.7 Å². The van der Waals surface area contributed by atoms with E-state index in [0.29, 0.717) is 34.2 Å². The smallest absolute Gasteiger partial charge is 0.291 e. The molecule has 270 valence electrons. The lowest BCUT2D eigenvalue weighted by atomic mass is 10.0. The lowest BCUT2D eigenvalue weighted by Crippen LogP contribution is -2.27. The van der Waals surface area contributed by atoms with Gasteiger partial charge in [0.25, 0.3) is 11.8 Å². The van der Waals surface area contributed by atoms with Crippen molar-refractivity contribution in [3.05, 3.63) is 45.6 Å². The first-order chi connectivity index (χ1) is 24.0. The van der Waals surface area contributed by atoms with Gasteiger partial charge in [0.2, 0.25) is 11.6 Å². The summed E-state index contributed by atoms with van der Waals surface area (Å²) in [7, 11) is 6.58. The van der Waals surface area contributed by atoms with Gasteiger partial charge in [0.05, 0.1) is 0 Å². The number of hydrogen-bond donors (Lipinski definition) is 2. The number of amides is 2. The van der Waals surface area contributed by atoms with Crippen LogP contribution in [0.1, 0.15) is 148 Å². The first kappa shape index (κ1) is 38.3. The Kier molecular flexibility index (Phi) is 13.4. The van der Waals surface area contributed by atoms with Crippen LogP contribution in [-0.2, 0) is 25.7 Å². The number of aromatic amines is 2. The molecule has 0 aliphatic carbocycles. The molecule has 1 aliphatic heterocycles. The van der Waals surface area contributed by atoms with Crippen LogP contribution in [0.25, 0.3) is 33.7 Å². The van der Waals surface area contributed by atoms with Crippen LogP contribution in [0.4, 0.5) is 0 Å². The standard InChI is InChI=1S/C38H56N10O2/c1-11-17-23-24(18-12-2)30-39-29(23)40-31-25(19-13-3)27(21-15-5)33(42-31)44-35(37(49)47(7)8)46-36(38(50)48(9)10)45-34-28(22-16-6)26(20-14-4)32(41-30)43-34/h11-22H2,1-10H3,(H2,39,40,41,42,43,44,45,46). The quantitative estimate of drug-likeness (QED) is 0.180. The van der Waals surface area contributed by atoms with Crippen molar-refractivity contribution in [2.75, 3.05) is 28.2 Å². The van der Waals surface area contributed by atoms with E-state index in [0.717, 1.165) is 110 Å². The van der Waals surface area contributed by atoms with Crippen LogP contribution in [0.3, 0.4) is 0 Å². The van der Waals surface area contributed by atoms with E-state index >= 15 is 0 Å². The maximum absolute atomic E-state index is 13.8. The maximum atomic E-state index is 13.8. The van der Waals surface area contributed by atoms with Gasteiger partial charge in [-0.05, 0) is 38.5 Å². The number of aryl methyl sites for hydroxylation is 4. The number of fused-ring (bicyclic) bond motifs is 6. The van der Waals surface area contributed by atoms with Gasteiger partial charge in [0.15, 0.2) is 11.6 Å². The fourth-order valence-electron chi connectivity index (χ4n) is 6.44. The van der Waals surface area contributed by atoms with Gasteiger partial charge in [-0.15, -0.1) is 0 Å². The highest BCUT2D eigenvalue weighted by molar-refractivity contribution is 5.94. The lowest BCUT2D eigenvalue weighted by Gasteiger charge is -2.10. The van der Waals surface area contributed by atoms with Crippen molar-refractivity contribution in [1.29, 1.82) is 0 Å². The number of allylic oxidation sites excluding steroid dienone is 2. The predicted molar refractivity (Wildman–Crippen MR) is 201 cm³/mol. The third-order valence-corrected chi connectivity index (χ3v) is 8.74. The summed E-state index contributed by atoms with van der Waals surface area (Å²) >= 11 is 0. The summed E-state index contributed by atoms with van der Waals surface area (Å²) in [6.07, 6.45) is 10.1. The van der Waals surface area contributed by atoms with E-state index in [4.69, 9.17) is 24.9 Å². The highest BCUT2D eigenvalue weighted by Crippen LogP contribution is 2.35. The second kappa shape index (κ2) is 17.4. The molecule has 1 aliphatic rings. The summed E-state index contributed by atoms with van der Waals surface area (Å²) < 4.78 is 0. The number of nitrogens with zero attached hydrogens (tertiary/aromatic N) is 8. The molecule has 4 rings (SSSR count). The fourth-order valence-corrected chi connectivity index (χ4v) is 6.44. The van der Waals surface area contributed by atoms with Crippen LogP contribution in [0.2, 0.25) is 0 Å². The molecule has 50 heavy (non-hydrogen) atoms. The molecule has 6 bridgehead atoms. The zero-order chi connectivity index (χ0) is 36.5. The first-order valence-electron chi connectivity index (χ1n) is 18.4. The molecule has 0 radical (unpaired) electrons. The number of hydrogen-bond acceptors (Lipinski definition) is 8. The van der Waals surface area contributed by atoms with Gasteiger partial charge in [0, 0.05) is 61.6 Å². The molecule has 0 unspecified atom stereocenters. The number of rotatable bonds is 14. The minimum Gasteiger partial charge on any atom is -0.342 e. The third-order valence-electron chi connectivity index (χ3n) is 8.74. The zero-order valence-electron chi connectivity index (χ0n) is 31.9. The van der Waals surface area contributed by atoms with Crippen molar-refractivity contribution >= 4 is 45.5 Å². The summed E-state index contributed by atoms with van der Waals surface area (Å²) in [5.74, 6) is 0.160. The van der Waals surface area contributed by atoms with Crippen molar-refractivity contribution in [3.63, 3.8) is 0 Å². The molecule has 3 aromatic heterocycles. The lowest BCUT2D eigenvalue weighted by molar-refractivity contribution is 0.0808. The Morgan fingerprint density at radius 2 is 0.740 bits per heavy atom. The van der Waals surface area contributed by atoms with E-state index in [1.54, 1.807) is 28.2 Å². The van der Waals surface area contributed by atoms with Crippen LogP contribution in [0, 0.1) is 0 Å². The first-order valence-corrected chi connectivity index (χ1v) is 18.4. The Balaban J connectivity index is 2.39. The van der Waals surface area contributed by atoms with Crippen molar-refractivity contribution < 1.29 is 9.59 Å². The Labute approximate surface area is 296 Å². The minimum atomic E-state index is -0.447. The molecule has 3 aromatic rings. The van der Waals surface area contributed by atoms with E-state index in [1.807, 2.05) is 0 Å². The summed E-state index contributed by atoms with van der Waals surface area (Å²) in [6, 6.07) is 0. The van der Waals surface area contributed by atoms with E-state index in [9.17, 15) is 9.59 Å². The number of H-pyrrole nitrogens is 2. The highest BCUT2D eigenvalue weighted by atomic mass is 16.2. The van der Waals surface area contributed by atoms with Crippen LogP contribution < -0.4 is 0 Å². The topological polar surface area (TPSA) is 150 Å². The number of aromatic nitrogens is 8. The summed E-state index contributed by atoms with van der Waals surface area (Å²) in [5.41, 5.74) is 8.68. The van der Waals surface area contributed by atoms with Crippen LogP contribution in [0.5, 0.6) is 0 Å². The molecule has 4 heterocycles. The molecule has 0 saturated heterocycles. The third kappa shape index (κ3) is 8.27. The normalized spacial score (nSPS) is 12.0. The highest BCUT2D eigenvalue weighted by Gasteiger charge is 2.25. The van der Waals surface area contributed by atoms with Gasteiger partial charge in [-0.3, -0.25) is 9.59 Å². The molecule has 0 spiro atoms. The zero-order valence-corrected chi connectivity index (χ0v) is 31.9. The maximum Gasteiger partial charge on any atom is 0.291 e. The molecule has 0 saturated carbocycles. The molecule has 12 nitrogen and oxygen atoms in total. The van der Waals surface area contributed by atoms with Crippen LogP contribution >= 0.6 is 0 Å². The van der Waals surface area contributed by atoms with E-state index < -0.39 is 11.8 Å². The largest absolute Gasteiger partial charge is 0.342 e. The van der Waals surface area contributed by atoms with Gasteiger partial charge >= 0.3 is 0 Å². The number of carbonyl (C=O) groups excluding carboxylic acids is 2. The van der Waals surface area contributed by atoms with E-state index in [1.165, 1.54) is 9.80 Å².